The third-order valence-electron chi connectivity index (χ3n) is 5.93. The van der Waals surface area contributed by atoms with Crippen molar-refractivity contribution in [2.75, 3.05) is 24.7 Å². The molecule has 0 radical (unpaired) electrons. The number of alkyl halides is 6. The van der Waals surface area contributed by atoms with Crippen LogP contribution in [0.5, 0.6) is 0 Å². The first-order chi connectivity index (χ1) is 18.1. The van der Waals surface area contributed by atoms with E-state index in [1.165, 1.54) is 24.2 Å². The van der Waals surface area contributed by atoms with Gasteiger partial charge in [-0.3, -0.25) is 9.48 Å². The van der Waals surface area contributed by atoms with Gasteiger partial charge in [-0.2, -0.15) is 36.5 Å². The summed E-state index contributed by atoms with van der Waals surface area (Å²) in [5, 5.41) is 20.4. The van der Waals surface area contributed by atoms with Crippen LogP contribution in [0.25, 0.3) is 5.65 Å². The summed E-state index contributed by atoms with van der Waals surface area (Å²) in [5.41, 5.74) is -1.26. The van der Waals surface area contributed by atoms with Crippen LogP contribution in [-0.2, 0) is 18.0 Å². The third kappa shape index (κ3) is 7.36. The number of fused-ring (bicyclic) bond motifs is 1. The number of aryl methyl sites for hydroxylation is 1. The van der Waals surface area contributed by atoms with Gasteiger partial charge in [0.05, 0.1) is 11.9 Å². The van der Waals surface area contributed by atoms with Gasteiger partial charge in [0.2, 0.25) is 0 Å². The number of carboxylic acid groups (broad SMARTS) is 1. The van der Waals surface area contributed by atoms with E-state index in [1.54, 1.807) is 12.3 Å². The van der Waals surface area contributed by atoms with Gasteiger partial charge in [-0.05, 0) is 33.0 Å². The van der Waals surface area contributed by atoms with E-state index in [1.807, 2.05) is 14.1 Å². The Labute approximate surface area is 217 Å². The van der Waals surface area contributed by atoms with Crippen molar-refractivity contribution in [3.05, 3.63) is 35.9 Å². The molecule has 0 spiro atoms. The van der Waals surface area contributed by atoms with Gasteiger partial charge in [-0.1, -0.05) is 12.8 Å². The van der Waals surface area contributed by atoms with E-state index in [-0.39, 0.29) is 17.3 Å². The van der Waals surface area contributed by atoms with Crippen LogP contribution in [0.4, 0.5) is 37.8 Å². The first-order valence-electron chi connectivity index (χ1n) is 11.6. The number of carbonyl (C=O) groups excluding carboxylic acids is 1. The van der Waals surface area contributed by atoms with Crippen LogP contribution >= 0.6 is 0 Å². The number of hydrogen-bond acceptors (Lipinski definition) is 7. The lowest BCUT2D eigenvalue weighted by atomic mass is 9.89. The van der Waals surface area contributed by atoms with Gasteiger partial charge < -0.3 is 20.6 Å². The van der Waals surface area contributed by atoms with Crippen LogP contribution in [0.3, 0.4) is 0 Å². The topological polar surface area (TPSA) is 130 Å². The summed E-state index contributed by atoms with van der Waals surface area (Å²) >= 11 is 0. The van der Waals surface area contributed by atoms with E-state index in [0.29, 0.717) is 11.9 Å². The van der Waals surface area contributed by atoms with Crippen LogP contribution in [0, 0.1) is 0 Å². The molecular formula is C22H26F6N8O3. The molecule has 2 atom stereocenters. The number of amides is 1. The van der Waals surface area contributed by atoms with Crippen molar-refractivity contribution in [3.8, 4) is 0 Å². The zero-order valence-electron chi connectivity index (χ0n) is 21.0. The molecule has 1 amide bonds. The second-order valence-electron chi connectivity index (χ2n) is 9.03. The number of carbonyl (C=O) groups is 2. The zero-order chi connectivity index (χ0) is 29.1. The Bertz CT molecular complexity index is 1320. The molecule has 1 saturated carbocycles. The van der Waals surface area contributed by atoms with Crippen LogP contribution in [0.2, 0.25) is 0 Å². The van der Waals surface area contributed by atoms with E-state index in [2.05, 4.69) is 30.7 Å². The molecule has 0 bridgehead atoms. The molecule has 0 saturated heterocycles. The van der Waals surface area contributed by atoms with Crippen molar-refractivity contribution in [2.45, 2.75) is 50.1 Å². The van der Waals surface area contributed by atoms with E-state index in [9.17, 15) is 31.1 Å². The van der Waals surface area contributed by atoms with Crippen LogP contribution in [0.1, 0.15) is 41.7 Å². The lowest BCUT2D eigenvalue weighted by molar-refractivity contribution is -0.192. The smallest absolute Gasteiger partial charge is 0.475 e. The quantitative estimate of drug-likeness (QED) is 0.401. The normalized spacial score (nSPS) is 18.0. The van der Waals surface area contributed by atoms with Crippen molar-refractivity contribution in [2.24, 2.45) is 7.05 Å². The van der Waals surface area contributed by atoms with Gasteiger partial charge >= 0.3 is 18.3 Å². The number of anilines is 2. The number of likely N-dealkylation sites (N-methyl/N-ethyl adjacent to an activating group) is 1. The summed E-state index contributed by atoms with van der Waals surface area (Å²) in [6.45, 7) is 0. The largest absolute Gasteiger partial charge is 0.490 e. The lowest BCUT2D eigenvalue weighted by Gasteiger charge is -2.36. The second-order valence-corrected chi connectivity index (χ2v) is 9.03. The molecule has 0 aromatic carbocycles. The molecule has 3 N–H and O–H groups in total. The van der Waals surface area contributed by atoms with Gasteiger partial charge in [-0.25, -0.2) is 14.3 Å². The number of rotatable bonds is 5. The van der Waals surface area contributed by atoms with Gasteiger partial charge in [0, 0.05) is 31.5 Å². The van der Waals surface area contributed by atoms with E-state index < -0.39 is 35.6 Å². The molecule has 4 rings (SSSR count). The average Bonchev–Trinajstić information content (AvgIpc) is 3.42. The predicted molar refractivity (Wildman–Crippen MR) is 126 cm³/mol. The summed E-state index contributed by atoms with van der Waals surface area (Å²) in [5.74, 6) is -2.91. The van der Waals surface area contributed by atoms with Crippen molar-refractivity contribution in [3.63, 3.8) is 0 Å². The monoisotopic (exact) mass is 564 g/mol. The SMILES string of the molecule is CN(C)[C@H]1CCCC[C@H]1Nc1ccn2ncc(C(=O)Nc3cn(C)nc3C(F)(F)F)c2n1.O=C(O)C(F)(F)F. The van der Waals surface area contributed by atoms with Gasteiger partial charge in [0.15, 0.2) is 11.3 Å². The fraction of sp³-hybridized carbons (Fsp3) is 0.500. The molecule has 3 aromatic rings. The summed E-state index contributed by atoms with van der Waals surface area (Å²) in [6.07, 6.45) is -1.33. The summed E-state index contributed by atoms with van der Waals surface area (Å²) < 4.78 is 73.8. The van der Waals surface area contributed by atoms with Crippen molar-refractivity contribution < 1.29 is 41.0 Å². The molecular weight excluding hydrogens is 538 g/mol. The fourth-order valence-electron chi connectivity index (χ4n) is 4.18. The molecule has 1 aliphatic rings. The molecule has 0 aliphatic heterocycles. The zero-order valence-corrected chi connectivity index (χ0v) is 21.0. The van der Waals surface area contributed by atoms with Crippen LogP contribution in [0.15, 0.2) is 24.7 Å². The van der Waals surface area contributed by atoms with E-state index >= 15 is 0 Å². The number of aromatic nitrogens is 5. The fourth-order valence-corrected chi connectivity index (χ4v) is 4.18. The van der Waals surface area contributed by atoms with Crippen molar-refractivity contribution >= 4 is 29.0 Å². The first kappa shape index (κ1) is 29.7. The molecule has 1 fully saturated rings. The summed E-state index contributed by atoms with van der Waals surface area (Å²) in [7, 11) is 5.45. The highest BCUT2D eigenvalue weighted by Gasteiger charge is 2.39. The molecule has 1 aliphatic carbocycles. The van der Waals surface area contributed by atoms with Gasteiger partial charge in [-0.15, -0.1) is 0 Å². The molecule has 3 heterocycles. The highest BCUT2D eigenvalue weighted by atomic mass is 19.4. The minimum atomic E-state index is -5.08. The Balaban J connectivity index is 0.000000532. The van der Waals surface area contributed by atoms with Crippen molar-refractivity contribution in [1.29, 1.82) is 0 Å². The Morgan fingerprint density at radius 2 is 1.77 bits per heavy atom. The molecule has 214 valence electrons. The molecule has 11 nitrogen and oxygen atoms in total. The maximum Gasteiger partial charge on any atom is 0.490 e. The van der Waals surface area contributed by atoms with Crippen LogP contribution < -0.4 is 10.6 Å². The maximum absolute atomic E-state index is 13.2. The van der Waals surface area contributed by atoms with Gasteiger partial charge in [0.1, 0.15) is 11.4 Å². The highest BCUT2D eigenvalue weighted by Crippen LogP contribution is 2.33. The van der Waals surface area contributed by atoms with Crippen molar-refractivity contribution in [1.82, 2.24) is 29.3 Å². The number of halogens is 6. The summed E-state index contributed by atoms with van der Waals surface area (Å²) in [6, 6.07) is 2.34. The number of hydrogen-bond donors (Lipinski definition) is 3. The molecule has 0 unspecified atom stereocenters. The number of carboxylic acids is 1. The van der Waals surface area contributed by atoms with Gasteiger partial charge in [0.25, 0.3) is 5.91 Å². The Morgan fingerprint density at radius 3 is 2.36 bits per heavy atom. The minimum absolute atomic E-state index is 0.0680. The minimum Gasteiger partial charge on any atom is -0.475 e. The number of nitrogens with one attached hydrogen (secondary N) is 2. The van der Waals surface area contributed by atoms with Crippen LogP contribution in [-0.4, -0.2) is 78.6 Å². The maximum atomic E-state index is 13.2. The predicted octanol–water partition coefficient (Wildman–Crippen LogP) is 3.65. The first-order valence-corrected chi connectivity index (χ1v) is 11.6. The lowest BCUT2D eigenvalue weighted by Crippen LogP contribution is -2.45. The summed E-state index contributed by atoms with van der Waals surface area (Å²) in [4.78, 5) is 28.4. The number of aliphatic carboxylic acids is 1. The number of nitrogens with zero attached hydrogens (tertiary/aromatic N) is 6. The van der Waals surface area contributed by atoms with E-state index in [4.69, 9.17) is 9.90 Å². The Kier molecular flexibility index (Phi) is 8.72. The molecule has 3 aromatic heterocycles. The molecule has 17 heteroatoms. The third-order valence-corrected chi connectivity index (χ3v) is 5.93. The second kappa shape index (κ2) is 11.5. The Morgan fingerprint density at radius 1 is 1.13 bits per heavy atom. The Hall–Kier alpha value is -3.89. The average molecular weight is 564 g/mol. The molecule has 39 heavy (non-hydrogen) atoms. The standard InChI is InChI=1S/C20H25F3N8O.C2HF3O2/c1-29(2)15-7-5-4-6-13(15)25-16-8-9-31-18(27-16)12(10-24-31)19(32)26-14-11-30(3)28-17(14)20(21,22)23;3-2(4,5)1(6)7/h8-11,13,15H,4-7H2,1-3H3,(H,25,27)(H,26,32);(H,6,7)/t13-,15+;/m1./s1. The highest BCUT2D eigenvalue weighted by molar-refractivity contribution is 6.08. The van der Waals surface area contributed by atoms with E-state index in [0.717, 1.165) is 30.1 Å².